The van der Waals surface area contributed by atoms with Gasteiger partial charge in [-0.1, -0.05) is 0 Å². The van der Waals surface area contributed by atoms with Crippen molar-refractivity contribution in [3.63, 3.8) is 0 Å². The summed E-state index contributed by atoms with van der Waals surface area (Å²) in [5.41, 5.74) is 0.346. The molecule has 0 amide bonds. The number of halogens is 2. The highest BCUT2D eigenvalue weighted by Crippen LogP contribution is 2.29. The van der Waals surface area contributed by atoms with Crippen molar-refractivity contribution in [2.45, 2.75) is 25.5 Å². The minimum absolute atomic E-state index is 0.217. The van der Waals surface area contributed by atoms with Gasteiger partial charge in [-0.25, -0.2) is 13.5 Å². The van der Waals surface area contributed by atoms with Gasteiger partial charge in [0.1, 0.15) is 23.3 Å². The average molecular weight is 289 g/mol. The first-order chi connectivity index (χ1) is 10.2. The van der Waals surface area contributed by atoms with Crippen molar-refractivity contribution in [3.8, 4) is 17.3 Å². The van der Waals surface area contributed by atoms with Crippen LogP contribution < -0.4 is 0 Å². The first kappa shape index (κ1) is 13.7. The molecule has 108 valence electrons. The standard InChI is InChI=1S/C15H13F2N3O/c16-12-7-10(8-13(17)11(12)9-18)14-4-5-19-20(14)15-3-1-2-6-21-15/h4-5,7-8,15H,1-3,6H2. The Balaban J connectivity index is 2.02. The van der Waals surface area contributed by atoms with Gasteiger partial charge in [0.05, 0.1) is 5.69 Å². The number of nitriles is 1. The Morgan fingerprint density at radius 3 is 2.67 bits per heavy atom. The van der Waals surface area contributed by atoms with Crippen molar-refractivity contribution in [2.24, 2.45) is 0 Å². The summed E-state index contributed by atoms with van der Waals surface area (Å²) >= 11 is 0. The lowest BCUT2D eigenvalue weighted by Crippen LogP contribution is -2.19. The molecule has 0 N–H and O–H groups in total. The Morgan fingerprint density at radius 1 is 1.29 bits per heavy atom. The predicted molar refractivity (Wildman–Crippen MR) is 71.1 cm³/mol. The van der Waals surface area contributed by atoms with E-state index in [-0.39, 0.29) is 6.23 Å². The van der Waals surface area contributed by atoms with E-state index in [0.29, 0.717) is 17.9 Å². The van der Waals surface area contributed by atoms with Gasteiger partial charge >= 0.3 is 0 Å². The molecule has 0 saturated carbocycles. The molecule has 1 fully saturated rings. The van der Waals surface area contributed by atoms with Crippen LogP contribution in [-0.2, 0) is 4.74 Å². The lowest BCUT2D eigenvalue weighted by Gasteiger charge is -2.24. The van der Waals surface area contributed by atoms with Gasteiger partial charge in [-0.05, 0) is 37.5 Å². The van der Waals surface area contributed by atoms with Crippen molar-refractivity contribution in [2.75, 3.05) is 6.61 Å². The zero-order chi connectivity index (χ0) is 14.8. The summed E-state index contributed by atoms with van der Waals surface area (Å²) in [7, 11) is 0. The quantitative estimate of drug-likeness (QED) is 0.851. The Kier molecular flexibility index (Phi) is 3.67. The monoisotopic (exact) mass is 289 g/mol. The summed E-state index contributed by atoms with van der Waals surface area (Å²) in [4.78, 5) is 0. The van der Waals surface area contributed by atoms with E-state index >= 15 is 0 Å². The summed E-state index contributed by atoms with van der Waals surface area (Å²) in [5, 5.41) is 12.9. The maximum atomic E-state index is 13.8. The molecule has 0 bridgehead atoms. The molecule has 1 atom stereocenters. The molecule has 1 aromatic carbocycles. The van der Waals surface area contributed by atoms with E-state index in [1.807, 2.05) is 0 Å². The van der Waals surface area contributed by atoms with Crippen molar-refractivity contribution in [1.82, 2.24) is 9.78 Å². The van der Waals surface area contributed by atoms with Crippen LogP contribution >= 0.6 is 0 Å². The minimum Gasteiger partial charge on any atom is -0.356 e. The molecule has 6 heteroatoms. The normalized spacial score (nSPS) is 18.4. The molecule has 2 aromatic rings. The Bertz CT molecular complexity index is 676. The van der Waals surface area contributed by atoms with Gasteiger partial charge < -0.3 is 4.74 Å². The first-order valence-electron chi connectivity index (χ1n) is 6.75. The van der Waals surface area contributed by atoms with Gasteiger partial charge in [0, 0.05) is 18.4 Å². The second kappa shape index (κ2) is 5.62. The van der Waals surface area contributed by atoms with E-state index < -0.39 is 17.2 Å². The third-order valence-electron chi connectivity index (χ3n) is 3.55. The smallest absolute Gasteiger partial charge is 0.150 e. The molecule has 0 radical (unpaired) electrons. The van der Waals surface area contributed by atoms with E-state index in [1.165, 1.54) is 6.07 Å². The van der Waals surface area contributed by atoms with E-state index in [4.69, 9.17) is 10.00 Å². The van der Waals surface area contributed by atoms with Crippen molar-refractivity contribution >= 4 is 0 Å². The van der Waals surface area contributed by atoms with Crippen LogP contribution in [-0.4, -0.2) is 16.4 Å². The van der Waals surface area contributed by atoms with Crippen LogP contribution in [0.1, 0.15) is 31.1 Å². The predicted octanol–water partition coefficient (Wildman–Crippen LogP) is 3.40. The molecule has 4 nitrogen and oxygen atoms in total. The van der Waals surface area contributed by atoms with Crippen LogP contribution in [0, 0.1) is 23.0 Å². The summed E-state index contributed by atoms with van der Waals surface area (Å²) in [5.74, 6) is -1.74. The molecule has 1 unspecified atom stereocenters. The summed E-state index contributed by atoms with van der Waals surface area (Å²) in [6, 6.07) is 5.50. The van der Waals surface area contributed by atoms with Gasteiger partial charge in [-0.2, -0.15) is 10.4 Å². The zero-order valence-corrected chi connectivity index (χ0v) is 11.2. The molecule has 1 saturated heterocycles. The molecule has 1 aliphatic heterocycles. The van der Waals surface area contributed by atoms with Gasteiger partial charge in [0.25, 0.3) is 0 Å². The first-order valence-corrected chi connectivity index (χ1v) is 6.75. The molecule has 1 aliphatic rings. The van der Waals surface area contributed by atoms with Crippen LogP contribution in [0.4, 0.5) is 8.78 Å². The van der Waals surface area contributed by atoms with E-state index in [1.54, 1.807) is 16.9 Å². The molecule has 21 heavy (non-hydrogen) atoms. The summed E-state index contributed by atoms with van der Waals surface area (Å²) in [6.07, 6.45) is 4.20. The molecular formula is C15H13F2N3O. The Morgan fingerprint density at radius 2 is 2.05 bits per heavy atom. The van der Waals surface area contributed by atoms with Crippen LogP contribution in [0.25, 0.3) is 11.3 Å². The third-order valence-corrected chi connectivity index (χ3v) is 3.55. The zero-order valence-electron chi connectivity index (χ0n) is 11.2. The third kappa shape index (κ3) is 2.52. The lowest BCUT2D eigenvalue weighted by molar-refractivity contribution is -0.0383. The lowest BCUT2D eigenvalue weighted by atomic mass is 10.1. The molecule has 2 heterocycles. The summed E-state index contributed by atoms with van der Waals surface area (Å²) < 4.78 is 34.8. The molecular weight excluding hydrogens is 276 g/mol. The van der Waals surface area contributed by atoms with Crippen LogP contribution in [0.3, 0.4) is 0 Å². The number of nitrogens with zero attached hydrogens (tertiary/aromatic N) is 3. The SMILES string of the molecule is N#Cc1c(F)cc(-c2ccnn2C2CCCCO2)cc1F. The maximum Gasteiger partial charge on any atom is 0.150 e. The maximum absolute atomic E-state index is 13.8. The average Bonchev–Trinajstić information content (AvgIpc) is 2.97. The number of hydrogen-bond donors (Lipinski definition) is 0. The molecule has 3 rings (SSSR count). The fourth-order valence-corrected chi connectivity index (χ4v) is 2.52. The number of benzene rings is 1. The van der Waals surface area contributed by atoms with E-state index in [0.717, 1.165) is 31.4 Å². The van der Waals surface area contributed by atoms with Gasteiger partial charge in [0.15, 0.2) is 6.23 Å². The largest absolute Gasteiger partial charge is 0.356 e. The number of rotatable bonds is 2. The highest BCUT2D eigenvalue weighted by molar-refractivity contribution is 5.61. The number of aromatic nitrogens is 2. The fraction of sp³-hybridized carbons (Fsp3) is 0.333. The van der Waals surface area contributed by atoms with Gasteiger partial charge in [-0.15, -0.1) is 0 Å². The second-order valence-electron chi connectivity index (χ2n) is 4.91. The Hall–Kier alpha value is -2.26. The minimum atomic E-state index is -0.871. The van der Waals surface area contributed by atoms with Crippen LogP contribution in [0.15, 0.2) is 24.4 Å². The van der Waals surface area contributed by atoms with E-state index in [2.05, 4.69) is 5.10 Å². The highest BCUT2D eigenvalue weighted by atomic mass is 19.1. The number of hydrogen-bond acceptors (Lipinski definition) is 3. The van der Waals surface area contributed by atoms with Crippen molar-refractivity contribution < 1.29 is 13.5 Å². The summed E-state index contributed by atoms with van der Waals surface area (Å²) in [6.45, 7) is 0.653. The number of ether oxygens (including phenoxy) is 1. The Labute approximate surface area is 120 Å². The van der Waals surface area contributed by atoms with E-state index in [9.17, 15) is 8.78 Å². The van der Waals surface area contributed by atoms with Crippen LogP contribution in [0.2, 0.25) is 0 Å². The second-order valence-corrected chi connectivity index (χ2v) is 4.91. The van der Waals surface area contributed by atoms with Crippen molar-refractivity contribution in [3.05, 3.63) is 41.6 Å². The van der Waals surface area contributed by atoms with Crippen LogP contribution in [0.5, 0.6) is 0 Å². The molecule has 0 aliphatic carbocycles. The van der Waals surface area contributed by atoms with Gasteiger partial charge in [0.2, 0.25) is 0 Å². The van der Waals surface area contributed by atoms with Gasteiger partial charge in [-0.3, -0.25) is 0 Å². The highest BCUT2D eigenvalue weighted by Gasteiger charge is 2.21. The topological polar surface area (TPSA) is 50.8 Å². The van der Waals surface area contributed by atoms with Crippen molar-refractivity contribution in [1.29, 1.82) is 5.26 Å². The molecule has 0 spiro atoms. The molecule has 1 aromatic heterocycles. The fourth-order valence-electron chi connectivity index (χ4n) is 2.52.